The van der Waals surface area contributed by atoms with Crippen LogP contribution in [0.2, 0.25) is 10.0 Å². The van der Waals surface area contributed by atoms with E-state index < -0.39 is 6.10 Å². The summed E-state index contributed by atoms with van der Waals surface area (Å²) in [5, 5.41) is 11.4. The molecule has 3 nitrogen and oxygen atoms in total. The Morgan fingerprint density at radius 2 is 2.10 bits per heavy atom. The van der Waals surface area contributed by atoms with E-state index in [-0.39, 0.29) is 0 Å². The van der Waals surface area contributed by atoms with Crippen molar-refractivity contribution in [2.75, 3.05) is 33.2 Å². The fourth-order valence-corrected chi connectivity index (χ4v) is 3.41. The van der Waals surface area contributed by atoms with Gasteiger partial charge in [0.2, 0.25) is 0 Å². The van der Waals surface area contributed by atoms with E-state index >= 15 is 0 Å². The maximum atomic E-state index is 10.4. The molecule has 118 valence electrons. The number of rotatable bonds is 4. The maximum Gasteiger partial charge on any atom is 0.0817 e. The topological polar surface area (TPSA) is 26.7 Å². The minimum absolute atomic E-state index is 0.468. The highest BCUT2D eigenvalue weighted by atomic mass is 35.5. The van der Waals surface area contributed by atoms with Gasteiger partial charge >= 0.3 is 0 Å². The van der Waals surface area contributed by atoms with Gasteiger partial charge < -0.3 is 10.0 Å². The molecule has 1 aromatic rings. The Labute approximate surface area is 137 Å². The van der Waals surface area contributed by atoms with Gasteiger partial charge in [0.1, 0.15) is 0 Å². The fourth-order valence-electron chi connectivity index (χ4n) is 2.98. The minimum atomic E-state index is -0.565. The number of halogens is 2. The summed E-state index contributed by atoms with van der Waals surface area (Å²) in [6.07, 6.45) is 1.28. The van der Waals surface area contributed by atoms with Crippen molar-refractivity contribution in [3.63, 3.8) is 0 Å². The summed E-state index contributed by atoms with van der Waals surface area (Å²) in [7, 11) is 2.17. The van der Waals surface area contributed by atoms with Crippen molar-refractivity contribution in [1.29, 1.82) is 0 Å². The van der Waals surface area contributed by atoms with Crippen LogP contribution in [0, 0.1) is 0 Å². The molecule has 21 heavy (non-hydrogen) atoms. The van der Waals surface area contributed by atoms with Gasteiger partial charge in [0.05, 0.1) is 16.1 Å². The lowest BCUT2D eigenvalue weighted by Gasteiger charge is -2.28. The van der Waals surface area contributed by atoms with Crippen LogP contribution in [-0.2, 0) is 0 Å². The standard InChI is InChI=1S/C16H24Cl2N2O/c1-12-11-19(2)8-4-9-20(12)10-7-15(21)13-5-3-6-14(17)16(13)18/h3,5-6,12,15,21H,4,7-11H2,1-2H3. The van der Waals surface area contributed by atoms with Crippen molar-refractivity contribution in [2.24, 2.45) is 0 Å². The van der Waals surface area contributed by atoms with E-state index in [1.807, 2.05) is 12.1 Å². The largest absolute Gasteiger partial charge is 0.388 e. The van der Waals surface area contributed by atoms with E-state index in [2.05, 4.69) is 23.8 Å². The molecule has 0 saturated carbocycles. The number of aliphatic hydroxyl groups is 1. The number of hydrogen-bond donors (Lipinski definition) is 1. The van der Waals surface area contributed by atoms with E-state index in [4.69, 9.17) is 23.2 Å². The zero-order valence-electron chi connectivity index (χ0n) is 12.7. The highest BCUT2D eigenvalue weighted by molar-refractivity contribution is 6.42. The summed E-state index contributed by atoms with van der Waals surface area (Å²) < 4.78 is 0. The molecule has 1 aliphatic heterocycles. The number of hydrogen-bond acceptors (Lipinski definition) is 3. The monoisotopic (exact) mass is 330 g/mol. The normalized spacial score (nSPS) is 23.0. The Morgan fingerprint density at radius 3 is 2.86 bits per heavy atom. The molecule has 5 heteroatoms. The van der Waals surface area contributed by atoms with Crippen LogP contribution in [-0.4, -0.2) is 54.2 Å². The molecule has 0 bridgehead atoms. The highest BCUT2D eigenvalue weighted by Gasteiger charge is 2.21. The van der Waals surface area contributed by atoms with Gasteiger partial charge in [-0.1, -0.05) is 35.3 Å². The predicted octanol–water partition coefficient (Wildman–Crippen LogP) is 3.44. The van der Waals surface area contributed by atoms with Crippen LogP contribution in [0.4, 0.5) is 0 Å². The molecule has 1 aliphatic rings. The van der Waals surface area contributed by atoms with Crippen molar-refractivity contribution < 1.29 is 5.11 Å². The van der Waals surface area contributed by atoms with Crippen LogP contribution in [0.15, 0.2) is 18.2 Å². The Morgan fingerprint density at radius 1 is 1.33 bits per heavy atom. The van der Waals surface area contributed by atoms with Gasteiger partial charge in [0.15, 0.2) is 0 Å². The van der Waals surface area contributed by atoms with Crippen molar-refractivity contribution >= 4 is 23.2 Å². The first-order valence-corrected chi connectivity index (χ1v) is 8.29. The Hall–Kier alpha value is -0.320. The lowest BCUT2D eigenvalue weighted by Crippen LogP contribution is -2.38. The summed E-state index contributed by atoms with van der Waals surface area (Å²) in [6, 6.07) is 5.93. The Bertz CT molecular complexity index is 470. The SMILES string of the molecule is CC1CN(C)CCCN1CCC(O)c1cccc(Cl)c1Cl. The molecule has 0 spiro atoms. The molecule has 2 atom stereocenters. The number of likely N-dealkylation sites (N-methyl/N-ethyl adjacent to an activating group) is 1. The predicted molar refractivity (Wildman–Crippen MR) is 89.2 cm³/mol. The number of benzene rings is 1. The van der Waals surface area contributed by atoms with Crippen molar-refractivity contribution in [3.8, 4) is 0 Å². The van der Waals surface area contributed by atoms with Crippen LogP contribution in [0.3, 0.4) is 0 Å². The van der Waals surface area contributed by atoms with Crippen molar-refractivity contribution in [3.05, 3.63) is 33.8 Å². The molecule has 1 saturated heterocycles. The summed E-state index contributed by atoms with van der Waals surface area (Å²) >= 11 is 12.2. The van der Waals surface area contributed by atoms with E-state index in [1.165, 1.54) is 6.42 Å². The van der Waals surface area contributed by atoms with Gasteiger partial charge in [0, 0.05) is 24.7 Å². The summed E-state index contributed by atoms with van der Waals surface area (Å²) in [6.45, 7) is 6.43. The number of nitrogens with zero attached hydrogens (tertiary/aromatic N) is 2. The van der Waals surface area contributed by atoms with Crippen LogP contribution in [0.25, 0.3) is 0 Å². The average molecular weight is 331 g/mol. The molecule has 0 aromatic heterocycles. The van der Waals surface area contributed by atoms with Crippen LogP contribution >= 0.6 is 23.2 Å². The van der Waals surface area contributed by atoms with Crippen LogP contribution in [0.5, 0.6) is 0 Å². The van der Waals surface area contributed by atoms with Gasteiger partial charge in [-0.05, 0) is 46.0 Å². The van der Waals surface area contributed by atoms with E-state index in [0.717, 1.165) is 31.7 Å². The van der Waals surface area contributed by atoms with Gasteiger partial charge in [-0.25, -0.2) is 0 Å². The lowest BCUT2D eigenvalue weighted by molar-refractivity contribution is 0.127. The molecule has 1 N–H and O–H groups in total. The third-order valence-corrected chi connectivity index (χ3v) is 5.05. The van der Waals surface area contributed by atoms with Crippen molar-refractivity contribution in [2.45, 2.75) is 31.9 Å². The van der Waals surface area contributed by atoms with Crippen molar-refractivity contribution in [1.82, 2.24) is 9.80 Å². The summed E-state index contributed by atoms with van der Waals surface area (Å²) in [5.74, 6) is 0. The van der Waals surface area contributed by atoms with Crippen LogP contribution in [0.1, 0.15) is 31.4 Å². The highest BCUT2D eigenvalue weighted by Crippen LogP contribution is 2.31. The molecule has 2 unspecified atom stereocenters. The maximum absolute atomic E-state index is 10.4. The van der Waals surface area contributed by atoms with E-state index in [1.54, 1.807) is 6.07 Å². The van der Waals surface area contributed by atoms with Gasteiger partial charge in [0.25, 0.3) is 0 Å². The summed E-state index contributed by atoms with van der Waals surface area (Å²) in [4.78, 5) is 4.82. The zero-order chi connectivity index (χ0) is 15.4. The smallest absolute Gasteiger partial charge is 0.0817 e. The quantitative estimate of drug-likeness (QED) is 0.916. The van der Waals surface area contributed by atoms with Gasteiger partial charge in [-0.2, -0.15) is 0 Å². The third kappa shape index (κ3) is 4.57. The molecule has 0 amide bonds. The molecule has 0 aliphatic carbocycles. The Balaban J connectivity index is 1.94. The average Bonchev–Trinajstić information content (AvgIpc) is 2.60. The third-order valence-electron chi connectivity index (χ3n) is 4.21. The molecular weight excluding hydrogens is 307 g/mol. The zero-order valence-corrected chi connectivity index (χ0v) is 14.2. The molecule has 0 radical (unpaired) electrons. The molecule has 1 aromatic carbocycles. The molecule has 1 heterocycles. The first kappa shape index (κ1) is 17.0. The van der Waals surface area contributed by atoms with Gasteiger partial charge in [-0.3, -0.25) is 4.90 Å². The fraction of sp³-hybridized carbons (Fsp3) is 0.625. The first-order chi connectivity index (χ1) is 9.99. The number of aliphatic hydroxyl groups excluding tert-OH is 1. The lowest BCUT2D eigenvalue weighted by atomic mass is 10.1. The van der Waals surface area contributed by atoms with Crippen LogP contribution < -0.4 is 0 Å². The second-order valence-electron chi connectivity index (χ2n) is 5.95. The van der Waals surface area contributed by atoms with E-state index in [0.29, 0.717) is 22.5 Å². The Kier molecular flexibility index (Phi) is 6.33. The second-order valence-corrected chi connectivity index (χ2v) is 6.73. The minimum Gasteiger partial charge on any atom is -0.388 e. The first-order valence-electron chi connectivity index (χ1n) is 7.53. The molecular formula is C16H24Cl2N2O. The van der Waals surface area contributed by atoms with Gasteiger partial charge in [-0.15, -0.1) is 0 Å². The second kappa shape index (κ2) is 7.80. The molecule has 1 fully saturated rings. The molecule has 2 rings (SSSR count). The summed E-state index contributed by atoms with van der Waals surface area (Å²) in [5.41, 5.74) is 0.726. The van der Waals surface area contributed by atoms with E-state index in [9.17, 15) is 5.11 Å².